The van der Waals surface area contributed by atoms with E-state index in [1.165, 1.54) is 12.1 Å². The summed E-state index contributed by atoms with van der Waals surface area (Å²) in [6.07, 6.45) is 3.16. The van der Waals surface area contributed by atoms with Gasteiger partial charge in [0, 0.05) is 29.7 Å². The summed E-state index contributed by atoms with van der Waals surface area (Å²) in [5, 5.41) is 4.42. The lowest BCUT2D eigenvalue weighted by Gasteiger charge is -2.11. The Labute approximate surface area is 107 Å². The lowest BCUT2D eigenvalue weighted by Crippen LogP contribution is -2.24. The molecule has 0 amide bonds. The van der Waals surface area contributed by atoms with Crippen molar-refractivity contribution in [1.82, 2.24) is 9.88 Å². The first-order valence-corrected chi connectivity index (χ1v) is 6.63. The highest BCUT2D eigenvalue weighted by molar-refractivity contribution is 5.82. The van der Waals surface area contributed by atoms with Gasteiger partial charge in [-0.3, -0.25) is 0 Å². The van der Waals surface area contributed by atoms with Crippen molar-refractivity contribution in [3.8, 4) is 0 Å². The van der Waals surface area contributed by atoms with Crippen molar-refractivity contribution in [3.63, 3.8) is 0 Å². The fourth-order valence-electron chi connectivity index (χ4n) is 2.89. The van der Waals surface area contributed by atoms with Crippen LogP contribution in [0.2, 0.25) is 0 Å². The molecule has 0 bridgehead atoms. The number of rotatable bonds is 2. The van der Waals surface area contributed by atoms with Gasteiger partial charge in [0.15, 0.2) is 0 Å². The van der Waals surface area contributed by atoms with Crippen LogP contribution in [0, 0.1) is 12.7 Å². The fourth-order valence-corrected chi connectivity index (χ4v) is 2.89. The number of nitrogens with one attached hydrogen (secondary N) is 1. The average molecular weight is 246 g/mol. The molecule has 1 aliphatic heterocycles. The number of benzene rings is 1. The maximum atomic E-state index is 14.1. The molecular weight excluding hydrogens is 227 g/mol. The van der Waals surface area contributed by atoms with Crippen molar-refractivity contribution >= 4 is 10.9 Å². The summed E-state index contributed by atoms with van der Waals surface area (Å²) in [7, 11) is 2.03. The van der Waals surface area contributed by atoms with Gasteiger partial charge in [-0.05, 0) is 56.5 Å². The number of hydrogen-bond donors (Lipinski definition) is 1. The smallest absolute Gasteiger partial charge is 0.127 e. The van der Waals surface area contributed by atoms with E-state index in [1.807, 2.05) is 19.2 Å². The van der Waals surface area contributed by atoms with Gasteiger partial charge in [0.25, 0.3) is 0 Å². The molecule has 96 valence electrons. The maximum Gasteiger partial charge on any atom is 0.127 e. The molecule has 2 heterocycles. The standard InChI is InChI=1S/C15H19FN2/c1-10-6-12-8-14(16)11(9-15(12)18(10)2)7-13-4-3-5-17-13/h6,8-9,13,17H,3-5,7H2,1-2H3. The summed E-state index contributed by atoms with van der Waals surface area (Å²) >= 11 is 0. The van der Waals surface area contributed by atoms with Crippen molar-refractivity contribution in [3.05, 3.63) is 35.3 Å². The zero-order valence-corrected chi connectivity index (χ0v) is 11.0. The van der Waals surface area contributed by atoms with Crippen LogP contribution in [0.15, 0.2) is 18.2 Å². The van der Waals surface area contributed by atoms with E-state index in [4.69, 9.17) is 0 Å². The summed E-state index contributed by atoms with van der Waals surface area (Å²) in [5.41, 5.74) is 3.13. The van der Waals surface area contributed by atoms with Crippen LogP contribution in [0.3, 0.4) is 0 Å². The number of hydrogen-bond acceptors (Lipinski definition) is 1. The van der Waals surface area contributed by atoms with E-state index in [2.05, 4.69) is 16.8 Å². The molecule has 1 aromatic carbocycles. The predicted molar refractivity (Wildman–Crippen MR) is 72.3 cm³/mol. The molecule has 0 aliphatic carbocycles. The summed E-state index contributed by atoms with van der Waals surface area (Å²) in [6, 6.07) is 6.17. The second-order valence-corrected chi connectivity index (χ2v) is 5.34. The van der Waals surface area contributed by atoms with Crippen molar-refractivity contribution in [2.45, 2.75) is 32.2 Å². The third kappa shape index (κ3) is 1.93. The SMILES string of the molecule is Cc1cc2cc(F)c(CC3CCCN3)cc2n1C. The molecule has 0 radical (unpaired) electrons. The third-order valence-electron chi connectivity index (χ3n) is 4.08. The van der Waals surface area contributed by atoms with Gasteiger partial charge in [-0.1, -0.05) is 0 Å². The van der Waals surface area contributed by atoms with Gasteiger partial charge < -0.3 is 9.88 Å². The van der Waals surface area contributed by atoms with Gasteiger partial charge in [-0.2, -0.15) is 0 Å². The lowest BCUT2D eigenvalue weighted by atomic mass is 10.0. The van der Waals surface area contributed by atoms with E-state index in [0.717, 1.165) is 35.9 Å². The highest BCUT2D eigenvalue weighted by atomic mass is 19.1. The van der Waals surface area contributed by atoms with Gasteiger partial charge in [-0.15, -0.1) is 0 Å². The Hall–Kier alpha value is -1.35. The number of halogens is 1. The van der Waals surface area contributed by atoms with Crippen LogP contribution < -0.4 is 5.32 Å². The minimum Gasteiger partial charge on any atom is -0.348 e. The second-order valence-electron chi connectivity index (χ2n) is 5.34. The zero-order valence-electron chi connectivity index (χ0n) is 11.0. The third-order valence-corrected chi connectivity index (χ3v) is 4.08. The highest BCUT2D eigenvalue weighted by Gasteiger charge is 2.17. The maximum absolute atomic E-state index is 14.1. The first kappa shape index (κ1) is 11.7. The van der Waals surface area contributed by atoms with E-state index >= 15 is 0 Å². The van der Waals surface area contributed by atoms with Crippen LogP contribution in [0.25, 0.3) is 10.9 Å². The first-order chi connectivity index (χ1) is 8.65. The van der Waals surface area contributed by atoms with E-state index in [-0.39, 0.29) is 5.82 Å². The largest absolute Gasteiger partial charge is 0.348 e. The average Bonchev–Trinajstić information content (AvgIpc) is 2.92. The van der Waals surface area contributed by atoms with Crippen LogP contribution >= 0.6 is 0 Å². The van der Waals surface area contributed by atoms with E-state index in [0.29, 0.717) is 6.04 Å². The number of fused-ring (bicyclic) bond motifs is 1. The Morgan fingerprint density at radius 1 is 1.39 bits per heavy atom. The molecular formula is C15H19FN2. The monoisotopic (exact) mass is 246 g/mol. The predicted octanol–water partition coefficient (Wildman–Crippen LogP) is 2.92. The molecule has 1 atom stereocenters. The first-order valence-electron chi connectivity index (χ1n) is 6.63. The topological polar surface area (TPSA) is 17.0 Å². The Kier molecular flexibility index (Phi) is 2.86. The summed E-state index contributed by atoms with van der Waals surface area (Å²) in [6.45, 7) is 3.12. The molecule has 1 aromatic heterocycles. The van der Waals surface area contributed by atoms with Gasteiger partial charge >= 0.3 is 0 Å². The Bertz CT molecular complexity index is 580. The van der Waals surface area contributed by atoms with Gasteiger partial charge in [0.05, 0.1) is 0 Å². The fraction of sp³-hybridized carbons (Fsp3) is 0.467. The van der Waals surface area contributed by atoms with Crippen molar-refractivity contribution in [2.24, 2.45) is 7.05 Å². The van der Waals surface area contributed by atoms with E-state index in [1.54, 1.807) is 6.07 Å². The van der Waals surface area contributed by atoms with Crippen LogP contribution in [0.4, 0.5) is 4.39 Å². The molecule has 1 unspecified atom stereocenters. The minimum absolute atomic E-state index is 0.0678. The lowest BCUT2D eigenvalue weighted by molar-refractivity contribution is 0.562. The Morgan fingerprint density at radius 2 is 2.22 bits per heavy atom. The normalized spacial score (nSPS) is 19.8. The molecule has 1 fully saturated rings. The molecule has 18 heavy (non-hydrogen) atoms. The Morgan fingerprint density at radius 3 is 2.94 bits per heavy atom. The Balaban J connectivity index is 2.00. The van der Waals surface area contributed by atoms with Gasteiger partial charge in [0.1, 0.15) is 5.82 Å². The number of aromatic nitrogens is 1. The molecule has 1 saturated heterocycles. The summed E-state index contributed by atoms with van der Waals surface area (Å²) < 4.78 is 16.2. The van der Waals surface area contributed by atoms with Crippen molar-refractivity contribution < 1.29 is 4.39 Å². The molecule has 2 aromatic rings. The van der Waals surface area contributed by atoms with Crippen LogP contribution in [0.1, 0.15) is 24.1 Å². The molecule has 2 nitrogen and oxygen atoms in total. The zero-order chi connectivity index (χ0) is 12.7. The number of aryl methyl sites for hydroxylation is 2. The van der Waals surface area contributed by atoms with Gasteiger partial charge in [0.2, 0.25) is 0 Å². The van der Waals surface area contributed by atoms with Crippen molar-refractivity contribution in [1.29, 1.82) is 0 Å². The van der Waals surface area contributed by atoms with E-state index in [9.17, 15) is 4.39 Å². The highest BCUT2D eigenvalue weighted by Crippen LogP contribution is 2.24. The molecule has 0 spiro atoms. The molecule has 1 N–H and O–H groups in total. The number of nitrogens with zero attached hydrogens (tertiary/aromatic N) is 1. The van der Waals surface area contributed by atoms with E-state index < -0.39 is 0 Å². The van der Waals surface area contributed by atoms with Crippen LogP contribution in [-0.2, 0) is 13.5 Å². The molecule has 3 heteroatoms. The molecule has 3 rings (SSSR count). The van der Waals surface area contributed by atoms with Gasteiger partial charge in [-0.25, -0.2) is 4.39 Å². The second kappa shape index (κ2) is 4.39. The van der Waals surface area contributed by atoms with Crippen LogP contribution in [-0.4, -0.2) is 17.2 Å². The quantitative estimate of drug-likeness (QED) is 0.862. The van der Waals surface area contributed by atoms with Crippen LogP contribution in [0.5, 0.6) is 0 Å². The summed E-state index contributed by atoms with van der Waals surface area (Å²) in [5.74, 6) is -0.0678. The molecule has 0 saturated carbocycles. The van der Waals surface area contributed by atoms with Crippen molar-refractivity contribution in [2.75, 3.05) is 6.54 Å². The molecule has 1 aliphatic rings. The minimum atomic E-state index is -0.0678. The summed E-state index contributed by atoms with van der Waals surface area (Å²) in [4.78, 5) is 0.